The molecule has 27 heavy (non-hydrogen) atoms. The standard InChI is InChI=1S/C19H18BrClN2O4/c1-4-7-27-18-15(21)8-12(9-17(18)26-3)11-22-23-19(24)14-10-13(20)5-6-16(14)25-2/h4-6,8-11H,1,7H2,2-3H3,(H,23,24)/b22-11-. The summed E-state index contributed by atoms with van der Waals surface area (Å²) >= 11 is 9.56. The molecule has 0 saturated heterocycles. The Hall–Kier alpha value is -2.51. The van der Waals surface area contributed by atoms with E-state index in [1.54, 1.807) is 36.4 Å². The summed E-state index contributed by atoms with van der Waals surface area (Å²) in [6.07, 6.45) is 3.06. The summed E-state index contributed by atoms with van der Waals surface area (Å²) < 4.78 is 16.7. The number of methoxy groups -OCH3 is 2. The van der Waals surface area contributed by atoms with Crippen LogP contribution >= 0.6 is 27.5 Å². The third-order valence-electron chi connectivity index (χ3n) is 3.38. The molecule has 0 aliphatic heterocycles. The van der Waals surface area contributed by atoms with Crippen molar-refractivity contribution in [2.24, 2.45) is 5.10 Å². The highest BCUT2D eigenvalue weighted by Gasteiger charge is 2.13. The van der Waals surface area contributed by atoms with E-state index in [1.807, 2.05) is 0 Å². The lowest BCUT2D eigenvalue weighted by Crippen LogP contribution is -2.18. The van der Waals surface area contributed by atoms with Gasteiger partial charge in [-0.25, -0.2) is 5.43 Å². The molecule has 0 unspecified atom stereocenters. The minimum absolute atomic E-state index is 0.300. The number of nitrogens with one attached hydrogen (secondary N) is 1. The van der Waals surface area contributed by atoms with Gasteiger partial charge in [0, 0.05) is 4.47 Å². The van der Waals surface area contributed by atoms with E-state index in [-0.39, 0.29) is 0 Å². The first kappa shape index (κ1) is 20.8. The normalized spacial score (nSPS) is 10.5. The molecule has 0 aliphatic carbocycles. The predicted octanol–water partition coefficient (Wildman–Crippen LogP) is 4.45. The van der Waals surface area contributed by atoms with Gasteiger partial charge in [0.15, 0.2) is 11.5 Å². The van der Waals surface area contributed by atoms with Crippen molar-refractivity contribution in [3.05, 3.63) is 63.6 Å². The fraction of sp³-hybridized carbons (Fsp3) is 0.158. The summed E-state index contributed by atoms with van der Waals surface area (Å²) in [6.45, 7) is 3.90. The molecule has 0 atom stereocenters. The largest absolute Gasteiger partial charge is 0.496 e. The predicted molar refractivity (Wildman–Crippen MR) is 109 cm³/mol. The number of rotatable bonds is 8. The van der Waals surface area contributed by atoms with E-state index in [1.165, 1.54) is 20.4 Å². The van der Waals surface area contributed by atoms with Gasteiger partial charge in [-0.15, -0.1) is 0 Å². The molecular weight excluding hydrogens is 436 g/mol. The second kappa shape index (κ2) is 9.99. The topological polar surface area (TPSA) is 69.2 Å². The Morgan fingerprint density at radius 1 is 1.26 bits per heavy atom. The summed E-state index contributed by atoms with van der Waals surface area (Å²) in [5.74, 6) is 0.901. The Labute approximate surface area is 170 Å². The molecule has 0 fully saturated rings. The van der Waals surface area contributed by atoms with Crippen molar-refractivity contribution < 1.29 is 19.0 Å². The van der Waals surface area contributed by atoms with Gasteiger partial charge in [0.25, 0.3) is 5.91 Å². The molecule has 6 nitrogen and oxygen atoms in total. The molecule has 0 aliphatic rings. The van der Waals surface area contributed by atoms with E-state index in [0.29, 0.717) is 40.0 Å². The van der Waals surface area contributed by atoms with Crippen LogP contribution in [-0.4, -0.2) is 32.9 Å². The zero-order valence-corrected chi connectivity index (χ0v) is 17.1. The number of hydrazone groups is 1. The molecule has 0 aromatic heterocycles. The average molecular weight is 454 g/mol. The Morgan fingerprint density at radius 3 is 2.67 bits per heavy atom. The second-order valence-corrected chi connectivity index (χ2v) is 6.50. The molecule has 0 bridgehead atoms. The van der Waals surface area contributed by atoms with Gasteiger partial charge in [-0.2, -0.15) is 5.10 Å². The van der Waals surface area contributed by atoms with Gasteiger partial charge in [0.05, 0.1) is 31.0 Å². The number of hydrogen-bond donors (Lipinski definition) is 1. The van der Waals surface area contributed by atoms with Crippen molar-refractivity contribution in [2.45, 2.75) is 0 Å². The highest BCUT2D eigenvalue weighted by atomic mass is 79.9. The molecule has 1 amide bonds. The van der Waals surface area contributed by atoms with Crippen molar-refractivity contribution in [2.75, 3.05) is 20.8 Å². The van der Waals surface area contributed by atoms with Gasteiger partial charge in [-0.05, 0) is 35.9 Å². The number of carbonyl (C=O) groups is 1. The smallest absolute Gasteiger partial charge is 0.275 e. The molecule has 0 radical (unpaired) electrons. The number of carbonyl (C=O) groups excluding carboxylic acids is 1. The Kier molecular flexibility index (Phi) is 7.69. The number of halogens is 2. The quantitative estimate of drug-likeness (QED) is 0.364. The minimum atomic E-state index is -0.409. The molecule has 0 heterocycles. The fourth-order valence-electron chi connectivity index (χ4n) is 2.18. The first-order chi connectivity index (χ1) is 13.0. The van der Waals surface area contributed by atoms with E-state index in [0.717, 1.165) is 4.47 Å². The van der Waals surface area contributed by atoms with Crippen molar-refractivity contribution in [1.29, 1.82) is 0 Å². The average Bonchev–Trinajstić information content (AvgIpc) is 2.66. The first-order valence-electron chi connectivity index (χ1n) is 7.78. The van der Waals surface area contributed by atoms with Crippen LogP contribution in [-0.2, 0) is 0 Å². The molecule has 1 N–H and O–H groups in total. The van der Waals surface area contributed by atoms with Gasteiger partial charge in [0.1, 0.15) is 12.4 Å². The fourth-order valence-corrected chi connectivity index (χ4v) is 2.81. The monoisotopic (exact) mass is 452 g/mol. The Bertz CT molecular complexity index is 871. The molecule has 2 rings (SSSR count). The SMILES string of the molecule is C=CCOc1c(Cl)cc(/C=N\NC(=O)c2cc(Br)ccc2OC)cc1OC. The van der Waals surface area contributed by atoms with Crippen LogP contribution in [0, 0.1) is 0 Å². The van der Waals surface area contributed by atoms with Gasteiger partial charge < -0.3 is 14.2 Å². The molecule has 2 aromatic rings. The summed E-state index contributed by atoms with van der Waals surface area (Å²) in [5.41, 5.74) is 3.44. The van der Waals surface area contributed by atoms with Crippen LogP contribution in [0.2, 0.25) is 5.02 Å². The number of nitrogens with zero attached hydrogens (tertiary/aromatic N) is 1. The maximum atomic E-state index is 12.3. The molecule has 0 spiro atoms. The number of ether oxygens (including phenoxy) is 3. The molecule has 142 valence electrons. The first-order valence-corrected chi connectivity index (χ1v) is 8.95. The van der Waals surface area contributed by atoms with E-state index < -0.39 is 5.91 Å². The van der Waals surface area contributed by atoms with Gasteiger partial charge in [-0.1, -0.05) is 40.2 Å². The lowest BCUT2D eigenvalue weighted by atomic mass is 10.2. The number of hydrogen-bond acceptors (Lipinski definition) is 5. The maximum Gasteiger partial charge on any atom is 0.275 e. The summed E-state index contributed by atoms with van der Waals surface area (Å²) in [5, 5.41) is 4.32. The van der Waals surface area contributed by atoms with Crippen molar-refractivity contribution in [3.63, 3.8) is 0 Å². The van der Waals surface area contributed by atoms with Crippen LogP contribution in [0.3, 0.4) is 0 Å². The minimum Gasteiger partial charge on any atom is -0.496 e. The van der Waals surface area contributed by atoms with Crippen LogP contribution in [0.25, 0.3) is 0 Å². The van der Waals surface area contributed by atoms with Crippen LogP contribution in [0.4, 0.5) is 0 Å². The third kappa shape index (κ3) is 5.48. The van der Waals surface area contributed by atoms with Crippen LogP contribution in [0.15, 0.2) is 52.6 Å². The van der Waals surface area contributed by atoms with E-state index in [2.05, 4.69) is 33.0 Å². The number of benzene rings is 2. The molecule has 2 aromatic carbocycles. The highest BCUT2D eigenvalue weighted by Crippen LogP contribution is 2.36. The van der Waals surface area contributed by atoms with E-state index >= 15 is 0 Å². The maximum absolute atomic E-state index is 12.3. The molecule has 8 heteroatoms. The highest BCUT2D eigenvalue weighted by molar-refractivity contribution is 9.10. The zero-order chi connectivity index (χ0) is 19.8. The summed E-state index contributed by atoms with van der Waals surface area (Å²) in [6, 6.07) is 8.46. The third-order valence-corrected chi connectivity index (χ3v) is 4.16. The van der Waals surface area contributed by atoms with Crippen LogP contribution in [0.1, 0.15) is 15.9 Å². The second-order valence-electron chi connectivity index (χ2n) is 5.18. The molecular formula is C19H18BrClN2O4. The van der Waals surface area contributed by atoms with E-state index in [4.69, 9.17) is 25.8 Å². The zero-order valence-electron chi connectivity index (χ0n) is 14.8. The Morgan fingerprint density at radius 2 is 2.00 bits per heavy atom. The summed E-state index contributed by atoms with van der Waals surface area (Å²) in [4.78, 5) is 12.3. The van der Waals surface area contributed by atoms with Crippen LogP contribution < -0.4 is 19.6 Å². The lowest BCUT2D eigenvalue weighted by molar-refractivity contribution is 0.0952. The Balaban J connectivity index is 2.16. The van der Waals surface area contributed by atoms with Gasteiger partial charge in [0.2, 0.25) is 0 Å². The lowest BCUT2D eigenvalue weighted by Gasteiger charge is -2.12. The van der Waals surface area contributed by atoms with E-state index in [9.17, 15) is 4.79 Å². The van der Waals surface area contributed by atoms with Crippen molar-refractivity contribution >= 4 is 39.7 Å². The summed E-state index contributed by atoms with van der Waals surface area (Å²) in [7, 11) is 3.00. The van der Waals surface area contributed by atoms with Crippen LogP contribution in [0.5, 0.6) is 17.2 Å². The van der Waals surface area contributed by atoms with Crippen molar-refractivity contribution in [3.8, 4) is 17.2 Å². The molecule has 0 saturated carbocycles. The number of amides is 1. The van der Waals surface area contributed by atoms with Gasteiger partial charge in [-0.3, -0.25) is 4.79 Å². The van der Waals surface area contributed by atoms with Gasteiger partial charge >= 0.3 is 0 Å². The van der Waals surface area contributed by atoms with Crippen molar-refractivity contribution in [1.82, 2.24) is 5.43 Å².